The molecule has 1 aliphatic rings. The Hall–Kier alpha value is -2.81. The van der Waals surface area contributed by atoms with E-state index >= 15 is 0 Å². The predicted molar refractivity (Wildman–Crippen MR) is 133 cm³/mol. The van der Waals surface area contributed by atoms with Crippen LogP contribution in [0.25, 0.3) is 0 Å². The molecule has 6 nitrogen and oxygen atoms in total. The summed E-state index contributed by atoms with van der Waals surface area (Å²) in [5, 5.41) is 0.503. The number of piperazine rings is 1. The summed E-state index contributed by atoms with van der Waals surface area (Å²) in [6.07, 6.45) is 0. The van der Waals surface area contributed by atoms with Crippen LogP contribution in [-0.2, 0) is 14.8 Å². The van der Waals surface area contributed by atoms with Crippen molar-refractivity contribution in [2.24, 2.45) is 0 Å². The number of anilines is 2. The Morgan fingerprint density at radius 3 is 2.09 bits per heavy atom. The molecule has 1 fully saturated rings. The molecule has 1 heterocycles. The lowest BCUT2D eigenvalue weighted by Gasteiger charge is -2.37. The molecule has 10 heteroatoms. The van der Waals surface area contributed by atoms with Crippen LogP contribution in [0.4, 0.5) is 15.8 Å². The summed E-state index contributed by atoms with van der Waals surface area (Å²) in [5.41, 5.74) is 0.677. The van der Waals surface area contributed by atoms with E-state index in [1.807, 2.05) is 4.90 Å². The molecule has 3 aromatic rings. The van der Waals surface area contributed by atoms with Gasteiger partial charge in [0, 0.05) is 36.2 Å². The van der Waals surface area contributed by atoms with Crippen molar-refractivity contribution >= 4 is 50.5 Å². The summed E-state index contributed by atoms with van der Waals surface area (Å²) >= 11 is 12.3. The highest BCUT2D eigenvalue weighted by Crippen LogP contribution is 2.30. The van der Waals surface area contributed by atoms with Crippen LogP contribution < -0.4 is 9.21 Å². The minimum absolute atomic E-state index is 0.0447. The fourth-order valence-corrected chi connectivity index (χ4v) is 5.78. The number of carbonyl (C=O) groups is 1. The lowest BCUT2D eigenvalue weighted by atomic mass is 10.2. The van der Waals surface area contributed by atoms with E-state index < -0.39 is 16.6 Å². The maximum absolute atomic E-state index is 14.1. The Bertz CT molecular complexity index is 1260. The van der Waals surface area contributed by atoms with Gasteiger partial charge in [0.25, 0.3) is 10.0 Å². The average molecular weight is 522 g/mol. The maximum atomic E-state index is 14.1. The van der Waals surface area contributed by atoms with Crippen LogP contribution in [0.3, 0.4) is 0 Å². The molecule has 178 valence electrons. The van der Waals surface area contributed by atoms with Crippen LogP contribution in [0, 0.1) is 5.82 Å². The van der Waals surface area contributed by atoms with Crippen LogP contribution >= 0.6 is 23.2 Å². The fourth-order valence-electron chi connectivity index (χ4n) is 3.85. The van der Waals surface area contributed by atoms with Crippen LogP contribution in [0.2, 0.25) is 10.0 Å². The van der Waals surface area contributed by atoms with Crippen LogP contribution in [0.15, 0.2) is 77.7 Å². The summed E-state index contributed by atoms with van der Waals surface area (Å²) in [6, 6.07) is 18.7. The lowest BCUT2D eigenvalue weighted by Crippen LogP contribution is -2.52. The molecular weight excluding hydrogens is 500 g/mol. The molecule has 4 rings (SSSR count). The maximum Gasteiger partial charge on any atom is 0.264 e. The topological polar surface area (TPSA) is 60.9 Å². The molecule has 0 aliphatic carbocycles. The zero-order chi connectivity index (χ0) is 24.3. The van der Waals surface area contributed by atoms with Gasteiger partial charge in [-0.05, 0) is 42.5 Å². The second-order valence-electron chi connectivity index (χ2n) is 7.77. The van der Waals surface area contributed by atoms with Gasteiger partial charge < -0.3 is 9.80 Å². The first kappa shape index (κ1) is 24.3. The molecule has 0 N–H and O–H groups in total. The van der Waals surface area contributed by atoms with E-state index in [0.717, 1.165) is 4.31 Å². The summed E-state index contributed by atoms with van der Waals surface area (Å²) in [4.78, 5) is 16.7. The van der Waals surface area contributed by atoms with Gasteiger partial charge in [0.15, 0.2) is 0 Å². The minimum atomic E-state index is -4.07. The number of halogens is 3. The van der Waals surface area contributed by atoms with Crippen molar-refractivity contribution < 1.29 is 17.6 Å². The molecule has 1 amide bonds. The highest BCUT2D eigenvalue weighted by Gasteiger charge is 2.31. The average Bonchev–Trinajstić information content (AvgIpc) is 2.82. The number of rotatable bonds is 6. The van der Waals surface area contributed by atoms with Gasteiger partial charge in [0.05, 0.1) is 16.3 Å². The molecule has 0 atom stereocenters. The minimum Gasteiger partial charge on any atom is -0.366 e. The number of hydrogen-bond donors (Lipinski definition) is 0. The van der Waals surface area contributed by atoms with E-state index in [9.17, 15) is 17.6 Å². The fraction of sp³-hybridized carbons (Fsp3) is 0.208. The van der Waals surface area contributed by atoms with Crippen molar-refractivity contribution in [3.8, 4) is 0 Å². The molecule has 34 heavy (non-hydrogen) atoms. The van der Waals surface area contributed by atoms with E-state index in [4.69, 9.17) is 23.2 Å². The third-order valence-electron chi connectivity index (χ3n) is 5.57. The van der Waals surface area contributed by atoms with Gasteiger partial charge in [-0.15, -0.1) is 0 Å². The number of nitrogens with zero attached hydrogens (tertiary/aromatic N) is 3. The molecule has 0 bridgehead atoms. The second-order valence-corrected chi connectivity index (χ2v) is 10.5. The van der Waals surface area contributed by atoms with Crippen molar-refractivity contribution in [2.75, 3.05) is 41.9 Å². The molecule has 1 saturated heterocycles. The van der Waals surface area contributed by atoms with E-state index in [2.05, 4.69) is 0 Å². The van der Waals surface area contributed by atoms with Crippen molar-refractivity contribution in [2.45, 2.75) is 4.90 Å². The summed E-state index contributed by atoms with van der Waals surface area (Å²) in [6.45, 7) is 1.11. The number of sulfonamides is 1. The molecule has 3 aromatic carbocycles. The number of amides is 1. The first-order valence-electron chi connectivity index (χ1n) is 10.6. The van der Waals surface area contributed by atoms with Gasteiger partial charge in [0.2, 0.25) is 5.91 Å². The Labute approximate surface area is 208 Å². The third-order valence-corrected chi connectivity index (χ3v) is 7.80. The van der Waals surface area contributed by atoms with Crippen molar-refractivity contribution in [3.05, 3.63) is 88.7 Å². The highest BCUT2D eigenvalue weighted by molar-refractivity contribution is 7.92. The molecular formula is C24H22Cl2FN3O3S. The summed E-state index contributed by atoms with van der Waals surface area (Å²) in [7, 11) is -4.07. The molecule has 0 unspecified atom stereocenters. The SMILES string of the molecule is O=C(CN(c1cc(Cl)cc(Cl)c1)S(=O)(=O)c1ccccc1)N1CCN(c2ccccc2F)CC1. The van der Waals surface area contributed by atoms with Gasteiger partial charge in [-0.1, -0.05) is 53.5 Å². The molecule has 0 radical (unpaired) electrons. The van der Waals surface area contributed by atoms with Gasteiger partial charge in [-0.25, -0.2) is 12.8 Å². The zero-order valence-electron chi connectivity index (χ0n) is 18.1. The Balaban J connectivity index is 1.56. The first-order chi connectivity index (χ1) is 16.3. The van der Waals surface area contributed by atoms with Crippen LogP contribution in [-0.4, -0.2) is 51.9 Å². The molecule has 0 aromatic heterocycles. The second kappa shape index (κ2) is 10.2. The standard InChI is InChI=1S/C24H22Cl2FN3O3S/c25-18-14-19(26)16-20(15-18)30(34(32,33)21-6-2-1-3-7-21)17-24(31)29-12-10-28(11-13-29)23-9-5-4-8-22(23)27/h1-9,14-16H,10-13,17H2. The van der Waals surface area contributed by atoms with Crippen LogP contribution in [0.5, 0.6) is 0 Å². The number of benzene rings is 3. The number of carbonyl (C=O) groups excluding carboxylic acids is 1. The van der Waals surface area contributed by atoms with E-state index in [1.165, 1.54) is 36.4 Å². The summed E-state index contributed by atoms with van der Waals surface area (Å²) < 4.78 is 42.1. The smallest absolute Gasteiger partial charge is 0.264 e. The molecule has 1 aliphatic heterocycles. The predicted octanol–water partition coefficient (Wildman–Crippen LogP) is 4.68. The Morgan fingerprint density at radius 1 is 0.882 bits per heavy atom. The quantitative estimate of drug-likeness (QED) is 0.472. The van der Waals surface area contributed by atoms with Crippen molar-refractivity contribution in [3.63, 3.8) is 0 Å². The number of para-hydroxylation sites is 1. The van der Waals surface area contributed by atoms with Gasteiger partial charge in [0.1, 0.15) is 12.4 Å². The Kier molecular flexibility index (Phi) is 7.30. The lowest BCUT2D eigenvalue weighted by molar-refractivity contribution is -0.129. The van der Waals surface area contributed by atoms with Gasteiger partial charge >= 0.3 is 0 Å². The Morgan fingerprint density at radius 2 is 1.47 bits per heavy atom. The largest absolute Gasteiger partial charge is 0.366 e. The van der Waals surface area contributed by atoms with Crippen molar-refractivity contribution in [1.29, 1.82) is 0 Å². The van der Waals surface area contributed by atoms with Crippen LogP contribution in [0.1, 0.15) is 0 Å². The first-order valence-corrected chi connectivity index (χ1v) is 12.8. The van der Waals surface area contributed by atoms with Gasteiger partial charge in [-0.3, -0.25) is 9.10 Å². The zero-order valence-corrected chi connectivity index (χ0v) is 20.4. The highest BCUT2D eigenvalue weighted by atomic mass is 35.5. The van der Waals surface area contributed by atoms with Crippen molar-refractivity contribution in [1.82, 2.24) is 4.90 Å². The van der Waals surface area contributed by atoms with E-state index in [1.54, 1.807) is 41.3 Å². The number of hydrogen-bond acceptors (Lipinski definition) is 4. The summed E-state index contributed by atoms with van der Waals surface area (Å²) in [5.74, 6) is -0.691. The van der Waals surface area contributed by atoms with E-state index in [0.29, 0.717) is 31.9 Å². The van der Waals surface area contributed by atoms with E-state index in [-0.39, 0.29) is 32.4 Å². The molecule has 0 spiro atoms. The van der Waals surface area contributed by atoms with Gasteiger partial charge in [-0.2, -0.15) is 0 Å². The molecule has 0 saturated carbocycles. The normalized spacial score (nSPS) is 14.2. The monoisotopic (exact) mass is 521 g/mol. The third kappa shape index (κ3) is 5.29.